The lowest BCUT2D eigenvalue weighted by molar-refractivity contribution is -0.138. The summed E-state index contributed by atoms with van der Waals surface area (Å²) in [4.78, 5) is 4.10. The van der Waals surface area contributed by atoms with Crippen LogP contribution in [0.3, 0.4) is 0 Å². The van der Waals surface area contributed by atoms with E-state index in [2.05, 4.69) is 46.3 Å². The van der Waals surface area contributed by atoms with Gasteiger partial charge in [-0.1, -0.05) is 30.4 Å². The fraction of sp³-hybridized carbons (Fsp3) is 0.467. The van der Waals surface area contributed by atoms with E-state index in [1.807, 2.05) is 4.90 Å². The SMILES string of the molecule is CCc1ccc(N2CCN(c3nnc(C(F)(F)F)s3)CC2)cc1. The van der Waals surface area contributed by atoms with E-state index in [9.17, 15) is 13.2 Å². The lowest BCUT2D eigenvalue weighted by Crippen LogP contribution is -2.46. The molecule has 1 aliphatic rings. The Bertz CT molecular complexity index is 645. The van der Waals surface area contributed by atoms with E-state index < -0.39 is 11.2 Å². The van der Waals surface area contributed by atoms with Crippen LogP contribution in [0.1, 0.15) is 17.5 Å². The topological polar surface area (TPSA) is 32.3 Å². The largest absolute Gasteiger partial charge is 0.445 e. The molecule has 0 radical (unpaired) electrons. The molecule has 0 unspecified atom stereocenters. The van der Waals surface area contributed by atoms with Gasteiger partial charge in [0.15, 0.2) is 0 Å². The van der Waals surface area contributed by atoms with Crippen LogP contribution in [0.2, 0.25) is 0 Å². The van der Waals surface area contributed by atoms with Gasteiger partial charge in [-0.15, -0.1) is 10.2 Å². The zero-order valence-electron chi connectivity index (χ0n) is 12.7. The Kier molecular flexibility index (Phi) is 4.43. The van der Waals surface area contributed by atoms with Gasteiger partial charge in [-0.25, -0.2) is 0 Å². The Balaban J connectivity index is 1.62. The third-order valence-corrected chi connectivity index (χ3v) is 4.95. The number of anilines is 2. The van der Waals surface area contributed by atoms with Crippen molar-refractivity contribution < 1.29 is 13.2 Å². The zero-order valence-corrected chi connectivity index (χ0v) is 13.5. The van der Waals surface area contributed by atoms with Crippen molar-refractivity contribution in [3.8, 4) is 0 Å². The molecule has 2 aromatic rings. The molecular weight excluding hydrogens is 325 g/mol. The van der Waals surface area contributed by atoms with Crippen molar-refractivity contribution in [2.24, 2.45) is 0 Å². The highest BCUT2D eigenvalue weighted by atomic mass is 32.1. The van der Waals surface area contributed by atoms with Gasteiger partial charge in [0, 0.05) is 31.9 Å². The summed E-state index contributed by atoms with van der Waals surface area (Å²) in [5.41, 5.74) is 2.44. The number of nitrogens with zero attached hydrogens (tertiary/aromatic N) is 4. The molecule has 4 nitrogen and oxygen atoms in total. The van der Waals surface area contributed by atoms with Crippen LogP contribution in [0.15, 0.2) is 24.3 Å². The van der Waals surface area contributed by atoms with E-state index in [1.54, 1.807) is 0 Å². The first-order chi connectivity index (χ1) is 11.0. The monoisotopic (exact) mass is 342 g/mol. The molecule has 8 heteroatoms. The van der Waals surface area contributed by atoms with Gasteiger partial charge in [0.05, 0.1) is 0 Å². The molecule has 0 amide bonds. The fourth-order valence-electron chi connectivity index (χ4n) is 2.56. The highest BCUT2D eigenvalue weighted by Gasteiger charge is 2.36. The van der Waals surface area contributed by atoms with Gasteiger partial charge in [0.1, 0.15) is 0 Å². The number of aryl methyl sites for hydroxylation is 1. The lowest BCUT2D eigenvalue weighted by Gasteiger charge is -2.35. The maximum absolute atomic E-state index is 12.6. The smallest absolute Gasteiger partial charge is 0.368 e. The molecule has 1 aliphatic heterocycles. The molecule has 0 bridgehead atoms. The molecule has 1 saturated heterocycles. The average molecular weight is 342 g/mol. The summed E-state index contributed by atoms with van der Waals surface area (Å²) < 4.78 is 37.8. The molecule has 2 heterocycles. The van der Waals surface area contributed by atoms with Gasteiger partial charge in [-0.05, 0) is 24.1 Å². The predicted octanol–water partition coefficient (Wildman–Crippen LogP) is 3.45. The molecule has 124 valence electrons. The van der Waals surface area contributed by atoms with Crippen molar-refractivity contribution in [1.82, 2.24) is 10.2 Å². The Morgan fingerprint density at radius 3 is 2.13 bits per heavy atom. The third kappa shape index (κ3) is 3.57. The molecule has 0 atom stereocenters. The summed E-state index contributed by atoms with van der Waals surface area (Å²) in [6.45, 7) is 4.91. The van der Waals surface area contributed by atoms with Gasteiger partial charge < -0.3 is 9.80 Å². The second kappa shape index (κ2) is 6.35. The number of hydrogen-bond donors (Lipinski definition) is 0. The van der Waals surface area contributed by atoms with E-state index in [4.69, 9.17) is 0 Å². The van der Waals surface area contributed by atoms with Crippen LogP contribution in [0, 0.1) is 0 Å². The van der Waals surface area contributed by atoms with Gasteiger partial charge in [0.2, 0.25) is 10.1 Å². The molecule has 1 aromatic carbocycles. The van der Waals surface area contributed by atoms with Crippen LogP contribution in [0.4, 0.5) is 24.0 Å². The van der Waals surface area contributed by atoms with Crippen molar-refractivity contribution in [2.45, 2.75) is 19.5 Å². The van der Waals surface area contributed by atoms with Crippen molar-refractivity contribution in [3.05, 3.63) is 34.8 Å². The summed E-state index contributed by atoms with van der Waals surface area (Å²) in [6, 6.07) is 8.42. The first-order valence-electron chi connectivity index (χ1n) is 7.47. The Hall–Kier alpha value is -1.83. The van der Waals surface area contributed by atoms with Crippen LogP contribution in [-0.2, 0) is 12.6 Å². The number of piperazine rings is 1. The molecule has 0 spiro atoms. The maximum Gasteiger partial charge on any atom is 0.445 e. The summed E-state index contributed by atoms with van der Waals surface area (Å²) in [6.07, 6.45) is -3.41. The highest BCUT2D eigenvalue weighted by Crippen LogP contribution is 2.34. The second-order valence-electron chi connectivity index (χ2n) is 5.38. The van der Waals surface area contributed by atoms with Gasteiger partial charge >= 0.3 is 6.18 Å². The molecule has 1 fully saturated rings. The molecule has 1 aromatic heterocycles. The molecule has 3 rings (SSSR count). The van der Waals surface area contributed by atoms with Crippen LogP contribution >= 0.6 is 11.3 Å². The molecule has 0 saturated carbocycles. The van der Waals surface area contributed by atoms with Crippen LogP contribution in [0.5, 0.6) is 0 Å². The summed E-state index contributed by atoms with van der Waals surface area (Å²) >= 11 is 0.608. The number of hydrogen-bond acceptors (Lipinski definition) is 5. The fourth-order valence-corrected chi connectivity index (χ4v) is 3.32. The van der Waals surface area contributed by atoms with Crippen LogP contribution < -0.4 is 9.80 Å². The highest BCUT2D eigenvalue weighted by molar-refractivity contribution is 7.15. The molecule has 23 heavy (non-hydrogen) atoms. The van der Waals surface area contributed by atoms with E-state index in [0.29, 0.717) is 29.6 Å². The quantitative estimate of drug-likeness (QED) is 0.855. The summed E-state index contributed by atoms with van der Waals surface area (Å²) in [5.74, 6) is 0. The van der Waals surface area contributed by atoms with Crippen molar-refractivity contribution >= 4 is 22.2 Å². The minimum Gasteiger partial charge on any atom is -0.368 e. The third-order valence-electron chi connectivity index (χ3n) is 3.92. The number of alkyl halides is 3. The van der Waals surface area contributed by atoms with Crippen molar-refractivity contribution in [2.75, 3.05) is 36.0 Å². The van der Waals surface area contributed by atoms with Gasteiger partial charge in [-0.2, -0.15) is 13.2 Å². The first kappa shape index (κ1) is 16.0. The van der Waals surface area contributed by atoms with E-state index >= 15 is 0 Å². The Morgan fingerprint density at radius 1 is 1.00 bits per heavy atom. The number of halogens is 3. The van der Waals surface area contributed by atoms with Crippen molar-refractivity contribution in [1.29, 1.82) is 0 Å². The zero-order chi connectivity index (χ0) is 16.4. The van der Waals surface area contributed by atoms with Crippen LogP contribution in [-0.4, -0.2) is 36.4 Å². The summed E-state index contributed by atoms with van der Waals surface area (Å²) in [5, 5.41) is 6.39. The van der Waals surface area contributed by atoms with E-state index in [1.165, 1.54) is 5.56 Å². The number of benzene rings is 1. The average Bonchev–Trinajstić information content (AvgIpc) is 3.05. The summed E-state index contributed by atoms with van der Waals surface area (Å²) in [7, 11) is 0. The van der Waals surface area contributed by atoms with Gasteiger partial charge in [0.25, 0.3) is 0 Å². The second-order valence-corrected chi connectivity index (χ2v) is 6.34. The molecule has 0 aliphatic carbocycles. The first-order valence-corrected chi connectivity index (χ1v) is 8.28. The molecular formula is C15H17F3N4S. The lowest BCUT2D eigenvalue weighted by atomic mass is 10.1. The van der Waals surface area contributed by atoms with Crippen LogP contribution in [0.25, 0.3) is 0 Å². The van der Waals surface area contributed by atoms with Crippen molar-refractivity contribution in [3.63, 3.8) is 0 Å². The Morgan fingerprint density at radius 2 is 1.61 bits per heavy atom. The standard InChI is InChI=1S/C15H17F3N4S/c1-2-11-3-5-12(6-4-11)21-7-9-22(10-8-21)14-20-19-13(23-14)15(16,17)18/h3-6H,2,7-10H2,1H3. The number of rotatable bonds is 3. The minimum atomic E-state index is -4.42. The predicted molar refractivity (Wildman–Crippen MR) is 85.2 cm³/mol. The molecule has 0 N–H and O–H groups in total. The minimum absolute atomic E-state index is 0.346. The van der Waals surface area contributed by atoms with E-state index in [0.717, 1.165) is 25.2 Å². The Labute approximate surface area is 136 Å². The van der Waals surface area contributed by atoms with Gasteiger partial charge in [-0.3, -0.25) is 0 Å². The van der Waals surface area contributed by atoms with E-state index in [-0.39, 0.29) is 0 Å². The number of aromatic nitrogens is 2. The normalized spacial score (nSPS) is 16.0. The maximum atomic E-state index is 12.6.